The predicted molar refractivity (Wildman–Crippen MR) is 126 cm³/mol. The number of para-hydroxylation sites is 2. The largest absolute Gasteiger partial charge is 0.366 e. The number of carbonyl (C=O) groups excluding carboxylic acids is 2. The minimum absolute atomic E-state index is 0.150. The van der Waals surface area contributed by atoms with Gasteiger partial charge in [0.05, 0.1) is 16.6 Å². The van der Waals surface area contributed by atoms with Gasteiger partial charge >= 0.3 is 0 Å². The molecule has 0 aliphatic heterocycles. The maximum atomic E-state index is 13.2. The van der Waals surface area contributed by atoms with Crippen LogP contribution in [-0.2, 0) is 4.79 Å². The van der Waals surface area contributed by atoms with Crippen molar-refractivity contribution in [3.8, 4) is 5.69 Å². The Balaban J connectivity index is 1.51. The van der Waals surface area contributed by atoms with Crippen molar-refractivity contribution in [3.63, 3.8) is 0 Å². The topological polar surface area (TPSA) is 107 Å². The number of anilines is 1. The van der Waals surface area contributed by atoms with E-state index in [0.717, 1.165) is 5.69 Å². The van der Waals surface area contributed by atoms with Gasteiger partial charge in [-0.15, -0.1) is 0 Å². The van der Waals surface area contributed by atoms with Crippen molar-refractivity contribution in [3.05, 3.63) is 94.8 Å². The molecular weight excluding hydrogens is 424 g/mol. The zero-order valence-electron chi connectivity index (χ0n) is 17.0. The number of benzene rings is 3. The van der Waals surface area contributed by atoms with Crippen LogP contribution in [-0.4, -0.2) is 27.1 Å². The fourth-order valence-corrected chi connectivity index (χ4v) is 4.14. The molecule has 0 aliphatic rings. The van der Waals surface area contributed by atoms with E-state index >= 15 is 0 Å². The van der Waals surface area contributed by atoms with Crippen LogP contribution in [0, 0.1) is 0 Å². The van der Waals surface area contributed by atoms with Gasteiger partial charge in [-0.25, -0.2) is 4.98 Å². The first-order chi connectivity index (χ1) is 15.5. The van der Waals surface area contributed by atoms with Gasteiger partial charge < -0.3 is 11.1 Å². The molecule has 0 bridgehead atoms. The summed E-state index contributed by atoms with van der Waals surface area (Å²) in [6.07, 6.45) is 0.222. The number of carbonyl (C=O) groups is 2. The summed E-state index contributed by atoms with van der Waals surface area (Å²) in [7, 11) is 0. The highest BCUT2D eigenvalue weighted by Gasteiger charge is 2.14. The Labute approximate surface area is 188 Å². The number of rotatable bonds is 7. The summed E-state index contributed by atoms with van der Waals surface area (Å²) < 4.78 is 1.58. The molecule has 7 nitrogen and oxygen atoms in total. The van der Waals surface area contributed by atoms with Crippen molar-refractivity contribution in [2.24, 2.45) is 5.73 Å². The Morgan fingerprint density at radius 3 is 2.34 bits per heavy atom. The van der Waals surface area contributed by atoms with Gasteiger partial charge in [0.25, 0.3) is 5.56 Å². The Hall–Kier alpha value is -3.91. The molecule has 0 saturated carbocycles. The molecule has 0 saturated heterocycles. The third-order valence-electron chi connectivity index (χ3n) is 4.77. The molecule has 8 heteroatoms. The fourth-order valence-electron chi connectivity index (χ4n) is 3.19. The van der Waals surface area contributed by atoms with Crippen molar-refractivity contribution < 1.29 is 9.59 Å². The van der Waals surface area contributed by atoms with Crippen molar-refractivity contribution in [2.75, 3.05) is 11.1 Å². The summed E-state index contributed by atoms with van der Waals surface area (Å²) in [5, 5.41) is 3.85. The van der Waals surface area contributed by atoms with Crippen LogP contribution in [0.2, 0.25) is 0 Å². The molecule has 160 valence electrons. The van der Waals surface area contributed by atoms with Gasteiger partial charge in [-0.1, -0.05) is 42.1 Å². The maximum absolute atomic E-state index is 13.2. The average molecular weight is 445 g/mol. The molecule has 3 N–H and O–H groups in total. The summed E-state index contributed by atoms with van der Waals surface area (Å²) in [5.41, 5.74) is 7.37. The Bertz CT molecular complexity index is 1340. The molecule has 3 aromatic carbocycles. The third-order valence-corrected chi connectivity index (χ3v) is 5.71. The van der Waals surface area contributed by atoms with Crippen LogP contribution < -0.4 is 16.6 Å². The number of hydrogen-bond acceptors (Lipinski definition) is 5. The lowest BCUT2D eigenvalue weighted by Gasteiger charge is -2.13. The van der Waals surface area contributed by atoms with Gasteiger partial charge in [0, 0.05) is 23.4 Å². The van der Waals surface area contributed by atoms with E-state index in [0.29, 0.717) is 33.1 Å². The van der Waals surface area contributed by atoms with Crippen LogP contribution in [0.1, 0.15) is 16.8 Å². The summed E-state index contributed by atoms with van der Waals surface area (Å²) in [6, 6.07) is 22.9. The molecule has 0 radical (unpaired) electrons. The number of thioether (sulfide) groups is 1. The number of hydrogen-bond donors (Lipinski definition) is 2. The first-order valence-electron chi connectivity index (χ1n) is 9.92. The predicted octanol–water partition coefficient (Wildman–Crippen LogP) is 3.61. The zero-order valence-corrected chi connectivity index (χ0v) is 17.8. The molecule has 0 aliphatic carbocycles. The number of nitrogens with two attached hydrogens (primary N) is 1. The van der Waals surface area contributed by atoms with Crippen molar-refractivity contribution in [1.82, 2.24) is 9.55 Å². The van der Waals surface area contributed by atoms with Gasteiger partial charge in [-0.3, -0.25) is 19.0 Å². The van der Waals surface area contributed by atoms with E-state index in [1.807, 2.05) is 42.5 Å². The van der Waals surface area contributed by atoms with Crippen LogP contribution in [0.4, 0.5) is 5.69 Å². The summed E-state index contributed by atoms with van der Waals surface area (Å²) in [6.45, 7) is 0. The van der Waals surface area contributed by atoms with Crippen LogP contribution >= 0.6 is 11.8 Å². The molecule has 0 fully saturated rings. The molecule has 4 rings (SSSR count). The van der Waals surface area contributed by atoms with Crippen LogP contribution in [0.25, 0.3) is 16.6 Å². The highest BCUT2D eigenvalue weighted by atomic mass is 32.2. The summed E-state index contributed by atoms with van der Waals surface area (Å²) in [4.78, 5) is 41.3. The van der Waals surface area contributed by atoms with Gasteiger partial charge in [-0.05, 0) is 48.5 Å². The van der Waals surface area contributed by atoms with Gasteiger partial charge in [-0.2, -0.15) is 0 Å². The molecule has 32 heavy (non-hydrogen) atoms. The quantitative estimate of drug-likeness (QED) is 0.335. The molecular formula is C24H20N4O3S. The minimum atomic E-state index is -0.522. The van der Waals surface area contributed by atoms with E-state index in [1.54, 1.807) is 41.0 Å². The standard InChI is InChI=1S/C24H20N4O3S/c25-22(30)16-10-12-17(13-11-16)26-21(29)14-15-32-24-27-20-9-5-4-8-19(20)23(31)28(24)18-6-2-1-3-7-18/h1-13H,14-15H2,(H2,25,30)(H,26,29). The molecule has 2 amide bonds. The first kappa shape index (κ1) is 21.3. The monoisotopic (exact) mass is 444 g/mol. The lowest BCUT2D eigenvalue weighted by atomic mass is 10.2. The number of aromatic nitrogens is 2. The number of nitrogens with zero attached hydrogens (tertiary/aromatic N) is 2. The van der Waals surface area contributed by atoms with Gasteiger partial charge in [0.2, 0.25) is 11.8 Å². The van der Waals surface area contributed by atoms with E-state index in [-0.39, 0.29) is 17.9 Å². The number of nitrogens with one attached hydrogen (secondary N) is 1. The average Bonchev–Trinajstić information content (AvgIpc) is 2.80. The second-order valence-corrected chi connectivity index (χ2v) is 8.04. The Morgan fingerprint density at radius 2 is 1.62 bits per heavy atom. The zero-order chi connectivity index (χ0) is 22.5. The summed E-state index contributed by atoms with van der Waals surface area (Å²) in [5.74, 6) is -0.270. The highest BCUT2D eigenvalue weighted by molar-refractivity contribution is 7.99. The van der Waals surface area contributed by atoms with E-state index in [2.05, 4.69) is 10.3 Å². The van der Waals surface area contributed by atoms with Crippen molar-refractivity contribution >= 4 is 40.2 Å². The van der Waals surface area contributed by atoms with E-state index < -0.39 is 5.91 Å². The molecule has 0 unspecified atom stereocenters. The molecule has 1 aromatic heterocycles. The fraction of sp³-hybridized carbons (Fsp3) is 0.0833. The summed E-state index contributed by atoms with van der Waals surface area (Å²) >= 11 is 1.35. The first-order valence-corrected chi connectivity index (χ1v) is 10.9. The third kappa shape index (κ3) is 4.70. The normalized spacial score (nSPS) is 10.8. The van der Waals surface area contributed by atoms with E-state index in [1.165, 1.54) is 11.8 Å². The van der Waals surface area contributed by atoms with Crippen molar-refractivity contribution in [2.45, 2.75) is 11.6 Å². The Kier molecular flexibility index (Phi) is 6.32. The lowest BCUT2D eigenvalue weighted by Crippen LogP contribution is -2.22. The molecule has 0 spiro atoms. The number of primary amides is 1. The van der Waals surface area contributed by atoms with E-state index in [4.69, 9.17) is 5.73 Å². The lowest BCUT2D eigenvalue weighted by molar-refractivity contribution is -0.115. The second kappa shape index (κ2) is 9.49. The SMILES string of the molecule is NC(=O)c1ccc(NC(=O)CCSc2nc3ccccc3c(=O)n2-c2ccccc2)cc1. The Morgan fingerprint density at radius 1 is 0.938 bits per heavy atom. The van der Waals surface area contributed by atoms with Gasteiger partial charge in [0.1, 0.15) is 0 Å². The van der Waals surface area contributed by atoms with Gasteiger partial charge in [0.15, 0.2) is 5.16 Å². The van der Waals surface area contributed by atoms with Crippen LogP contribution in [0.5, 0.6) is 0 Å². The maximum Gasteiger partial charge on any atom is 0.266 e. The molecule has 4 aromatic rings. The highest BCUT2D eigenvalue weighted by Crippen LogP contribution is 2.22. The number of fused-ring (bicyclic) bond motifs is 1. The van der Waals surface area contributed by atoms with Crippen LogP contribution in [0.3, 0.4) is 0 Å². The minimum Gasteiger partial charge on any atom is -0.366 e. The second-order valence-electron chi connectivity index (χ2n) is 6.98. The molecule has 0 atom stereocenters. The smallest absolute Gasteiger partial charge is 0.266 e. The van der Waals surface area contributed by atoms with Crippen LogP contribution in [0.15, 0.2) is 88.8 Å². The van der Waals surface area contributed by atoms with E-state index in [9.17, 15) is 14.4 Å². The number of amides is 2. The molecule has 1 heterocycles. The van der Waals surface area contributed by atoms with Crippen molar-refractivity contribution in [1.29, 1.82) is 0 Å².